The van der Waals surface area contributed by atoms with Crippen molar-refractivity contribution in [3.8, 4) is 0 Å². The quantitative estimate of drug-likeness (QED) is 0.479. The van der Waals surface area contributed by atoms with Gasteiger partial charge in [-0.3, -0.25) is 0 Å². The Labute approximate surface area is 151 Å². The largest absolute Gasteiger partial charge is 0.521 e. The van der Waals surface area contributed by atoms with Gasteiger partial charge in [-0.2, -0.15) is 31.6 Å². The summed E-state index contributed by atoms with van der Waals surface area (Å²) in [5, 5.41) is 3.37. The van der Waals surface area contributed by atoms with Crippen molar-refractivity contribution < 1.29 is 31.4 Å². The lowest BCUT2D eigenvalue weighted by atomic mass is 9.97. The van der Waals surface area contributed by atoms with Crippen molar-refractivity contribution in [2.45, 2.75) is 39.0 Å². The van der Waals surface area contributed by atoms with E-state index in [0.717, 1.165) is 7.05 Å². The molecule has 2 amide bonds. The number of hydrogen-bond acceptors (Lipinski definition) is 3. The molecule has 5 nitrogen and oxygen atoms in total. The highest BCUT2D eigenvalue weighted by Crippen LogP contribution is 2.43. The Hall–Kier alpha value is -2.17. The molecule has 2 rings (SSSR count). The minimum Gasteiger partial charge on any atom is -0.389 e. The van der Waals surface area contributed by atoms with Gasteiger partial charge in [-0.25, -0.2) is 0 Å². The molecule has 0 radical (unpaired) electrons. The Kier molecular flexibility index (Phi) is 4.82. The van der Waals surface area contributed by atoms with Gasteiger partial charge in [0.25, 0.3) is 0 Å². The van der Waals surface area contributed by atoms with Crippen molar-refractivity contribution in [1.29, 1.82) is 0 Å². The van der Waals surface area contributed by atoms with Crippen molar-refractivity contribution in [3.63, 3.8) is 0 Å². The number of azo groups is 2. The van der Waals surface area contributed by atoms with E-state index in [9.17, 15) is 26.7 Å². The highest BCUT2D eigenvalue weighted by molar-refractivity contribution is 7.80. The highest BCUT2D eigenvalue weighted by atomic mass is 32.1. The lowest BCUT2D eigenvalue weighted by molar-refractivity contribution is -0.408. The van der Waals surface area contributed by atoms with Crippen LogP contribution in [0, 0.1) is 20.8 Å². The second-order valence-corrected chi connectivity index (χ2v) is 6.46. The topological polar surface area (TPSA) is 61.7 Å². The van der Waals surface area contributed by atoms with Crippen molar-refractivity contribution >= 4 is 28.9 Å². The van der Waals surface area contributed by atoms with Crippen LogP contribution < -0.4 is 5.73 Å². The first kappa shape index (κ1) is 20.1. The summed E-state index contributed by atoms with van der Waals surface area (Å²) in [6, 6.07) is 0.450. The molecule has 1 heterocycles. The summed E-state index contributed by atoms with van der Waals surface area (Å²) in [7, 11) is 0.844. The second kappa shape index (κ2) is 6.22. The van der Waals surface area contributed by atoms with Gasteiger partial charge >= 0.3 is 24.3 Å². The predicted molar refractivity (Wildman–Crippen MR) is 86.8 cm³/mol. The molecule has 0 spiro atoms. The molecule has 0 saturated carbocycles. The molecule has 1 unspecified atom stereocenters. The summed E-state index contributed by atoms with van der Waals surface area (Å²) in [5.41, 5.74) is 7.72. The molecule has 2 N–H and O–H groups in total. The summed E-state index contributed by atoms with van der Waals surface area (Å²) >= 11 is 4.94. The number of rotatable bonds is 3. The number of hydrogen-bond donors (Lipinski definition) is 1. The van der Waals surface area contributed by atoms with E-state index >= 15 is 0 Å². The van der Waals surface area contributed by atoms with Crippen LogP contribution in [0.25, 0.3) is 0 Å². The standard InChI is InChI=1S/C15H15F5N4OS/c1-6-5-9(11(21)26)7(2)8(3)10(6)24-13(25)23(4)12(22-24)14(16,17)15(18,19)20/h5,12H,1-4H3,(H-,21,26)/p+1. The molecule has 0 bridgehead atoms. The number of carbonyl (C=O) groups is 1. The number of halogens is 5. The van der Waals surface area contributed by atoms with Crippen LogP contribution in [-0.4, -0.2) is 45.9 Å². The molecule has 142 valence electrons. The number of carbonyl (C=O) groups excluding carboxylic acids is 1. The molecule has 1 aliphatic heterocycles. The molecule has 0 aromatic heterocycles. The van der Waals surface area contributed by atoms with Gasteiger partial charge < -0.3 is 5.73 Å². The van der Waals surface area contributed by atoms with E-state index in [0.29, 0.717) is 27.0 Å². The number of amides is 2. The number of benzene rings is 1. The van der Waals surface area contributed by atoms with Crippen molar-refractivity contribution in [3.05, 3.63) is 28.3 Å². The van der Waals surface area contributed by atoms with Crippen molar-refractivity contribution in [1.82, 2.24) is 4.90 Å². The third-order valence-electron chi connectivity index (χ3n) is 4.31. The van der Waals surface area contributed by atoms with Crippen molar-refractivity contribution in [2.75, 3.05) is 7.05 Å². The first-order valence-corrected chi connectivity index (χ1v) is 7.75. The highest BCUT2D eigenvalue weighted by Gasteiger charge is 2.70. The maximum absolute atomic E-state index is 13.7. The normalized spacial score (nSPS) is 18.3. The summed E-state index contributed by atoms with van der Waals surface area (Å²) in [6.07, 6.45) is -8.54. The number of aryl methyl sites for hydroxylation is 1. The SMILES string of the molecule is Cc1cc(C(N)=S)c(C)c(C)c1[N+]1=NC(C(F)(F)C(F)(F)F)N(C)C1=O. The minimum atomic E-state index is -5.85. The van der Waals surface area contributed by atoms with Crippen LogP contribution in [-0.2, 0) is 0 Å². The molecular formula is C15H16F5N4OS+. The summed E-state index contributed by atoms with van der Waals surface area (Å²) in [6.45, 7) is 4.79. The number of urea groups is 1. The monoisotopic (exact) mass is 395 g/mol. The maximum atomic E-state index is 13.7. The van der Waals surface area contributed by atoms with Crippen molar-refractivity contribution in [2.24, 2.45) is 10.8 Å². The molecule has 1 atom stereocenters. The first-order chi connectivity index (χ1) is 11.7. The lowest BCUT2D eigenvalue weighted by Gasteiger charge is -2.22. The Morgan fingerprint density at radius 2 is 1.77 bits per heavy atom. The number of nitrogens with zero attached hydrogens (tertiary/aromatic N) is 3. The van der Waals surface area contributed by atoms with Gasteiger partial charge in [0, 0.05) is 11.1 Å². The van der Waals surface area contributed by atoms with Gasteiger partial charge in [0.1, 0.15) is 4.99 Å². The molecule has 0 fully saturated rings. The summed E-state index contributed by atoms with van der Waals surface area (Å²) in [5.74, 6) is -5.19. The Bertz CT molecular complexity index is 834. The molecular weight excluding hydrogens is 379 g/mol. The first-order valence-electron chi connectivity index (χ1n) is 7.34. The van der Waals surface area contributed by atoms with Gasteiger partial charge in [-0.15, -0.1) is 0 Å². The average Bonchev–Trinajstić information content (AvgIpc) is 2.79. The molecule has 1 aliphatic rings. The molecule has 26 heavy (non-hydrogen) atoms. The van der Waals surface area contributed by atoms with Crippen LogP contribution in [0.3, 0.4) is 0 Å². The third kappa shape index (κ3) is 2.93. The predicted octanol–water partition coefficient (Wildman–Crippen LogP) is 3.93. The Morgan fingerprint density at radius 3 is 2.23 bits per heavy atom. The van der Waals surface area contributed by atoms with Crippen LogP contribution in [0.2, 0.25) is 0 Å². The fourth-order valence-electron chi connectivity index (χ4n) is 2.76. The molecule has 11 heteroatoms. The van der Waals surface area contributed by atoms with E-state index in [2.05, 4.69) is 5.11 Å². The van der Waals surface area contributed by atoms with Crippen LogP contribution in [0.15, 0.2) is 11.2 Å². The van der Waals surface area contributed by atoms with E-state index in [1.165, 1.54) is 6.07 Å². The summed E-state index contributed by atoms with van der Waals surface area (Å²) in [4.78, 5) is 12.7. The van der Waals surface area contributed by atoms with Crippen LogP contribution in [0.5, 0.6) is 0 Å². The zero-order valence-corrected chi connectivity index (χ0v) is 15.1. The van der Waals surface area contributed by atoms with E-state index < -0.39 is 24.3 Å². The maximum Gasteiger partial charge on any atom is 0.521 e. The van der Waals surface area contributed by atoms with Crippen LogP contribution >= 0.6 is 12.2 Å². The van der Waals surface area contributed by atoms with E-state index in [-0.39, 0.29) is 15.6 Å². The van der Waals surface area contributed by atoms with Gasteiger partial charge in [-0.05, 0) is 38.0 Å². The Morgan fingerprint density at radius 1 is 1.23 bits per heavy atom. The second-order valence-electron chi connectivity index (χ2n) is 6.02. The smallest absolute Gasteiger partial charge is 0.389 e. The molecule has 0 saturated heterocycles. The van der Waals surface area contributed by atoms with E-state index in [4.69, 9.17) is 18.0 Å². The fourth-order valence-corrected chi connectivity index (χ4v) is 2.97. The average molecular weight is 395 g/mol. The number of alkyl halides is 5. The number of nitrogens with two attached hydrogens (primary N) is 1. The van der Waals surface area contributed by atoms with Gasteiger partial charge in [0.15, 0.2) is 5.69 Å². The van der Waals surface area contributed by atoms with Gasteiger partial charge in [-0.1, -0.05) is 22.0 Å². The van der Waals surface area contributed by atoms with E-state index in [1.54, 1.807) is 20.8 Å². The number of thiocarbonyl (C=S) groups is 1. The third-order valence-corrected chi connectivity index (χ3v) is 4.53. The van der Waals surface area contributed by atoms with Crippen LogP contribution in [0.1, 0.15) is 22.3 Å². The zero-order valence-electron chi connectivity index (χ0n) is 14.3. The van der Waals surface area contributed by atoms with Gasteiger partial charge in [0.05, 0.1) is 7.05 Å². The Balaban J connectivity index is 2.66. The molecule has 1 aromatic rings. The minimum absolute atomic E-state index is 0.100. The zero-order chi connectivity index (χ0) is 20.2. The summed E-state index contributed by atoms with van der Waals surface area (Å²) < 4.78 is 66.1. The molecule has 0 aliphatic carbocycles. The van der Waals surface area contributed by atoms with Gasteiger partial charge in [0.2, 0.25) is 0 Å². The van der Waals surface area contributed by atoms with E-state index in [1.807, 2.05) is 0 Å². The molecule has 1 aromatic carbocycles. The lowest BCUT2D eigenvalue weighted by Crippen LogP contribution is -2.52. The van der Waals surface area contributed by atoms with Crippen LogP contribution in [0.4, 0.5) is 32.4 Å². The fraction of sp³-hybridized carbons (Fsp3) is 0.467.